The number of aryl methyl sites for hydroxylation is 1. The Morgan fingerprint density at radius 3 is 2.68 bits per heavy atom. The van der Waals surface area contributed by atoms with E-state index in [0.717, 1.165) is 21.8 Å². The van der Waals surface area contributed by atoms with Gasteiger partial charge in [-0.05, 0) is 25.0 Å². The lowest BCUT2D eigenvalue weighted by Crippen LogP contribution is -2.57. The number of halogens is 3. The SMILES string of the molecule is CC(=O)N1CC(NCc2nc3ccccc3n2C)CCC1C(F)(F)F. The summed E-state index contributed by atoms with van der Waals surface area (Å²) in [4.78, 5) is 17.1. The van der Waals surface area contributed by atoms with Gasteiger partial charge in [0, 0.05) is 26.6 Å². The van der Waals surface area contributed by atoms with E-state index in [2.05, 4.69) is 10.3 Å². The third-order valence-corrected chi connectivity index (χ3v) is 4.79. The van der Waals surface area contributed by atoms with Gasteiger partial charge >= 0.3 is 6.18 Å². The average Bonchev–Trinajstić information content (AvgIpc) is 2.88. The molecule has 0 spiro atoms. The molecule has 2 unspecified atom stereocenters. The zero-order chi connectivity index (χ0) is 18.2. The van der Waals surface area contributed by atoms with Crippen LogP contribution >= 0.6 is 0 Å². The minimum atomic E-state index is -4.38. The van der Waals surface area contributed by atoms with Crippen LogP contribution < -0.4 is 5.32 Å². The topological polar surface area (TPSA) is 50.2 Å². The molecule has 2 atom stereocenters. The van der Waals surface area contributed by atoms with Gasteiger partial charge in [-0.25, -0.2) is 4.98 Å². The largest absolute Gasteiger partial charge is 0.408 e. The van der Waals surface area contributed by atoms with Crippen LogP contribution in [0.25, 0.3) is 11.0 Å². The Hall–Kier alpha value is -2.09. The Morgan fingerprint density at radius 1 is 1.32 bits per heavy atom. The number of rotatable bonds is 3. The molecule has 136 valence electrons. The fraction of sp³-hybridized carbons (Fsp3) is 0.529. The van der Waals surface area contributed by atoms with Crippen molar-refractivity contribution in [3.8, 4) is 0 Å². The lowest BCUT2D eigenvalue weighted by atomic mass is 9.97. The molecule has 2 heterocycles. The quantitative estimate of drug-likeness (QED) is 0.922. The number of fused-ring (bicyclic) bond motifs is 1. The van der Waals surface area contributed by atoms with Gasteiger partial charge in [-0.3, -0.25) is 4.79 Å². The van der Waals surface area contributed by atoms with E-state index in [0.29, 0.717) is 13.0 Å². The molecule has 1 aromatic heterocycles. The average molecular weight is 354 g/mol. The number of hydrogen-bond acceptors (Lipinski definition) is 3. The molecule has 5 nitrogen and oxygen atoms in total. The number of hydrogen-bond donors (Lipinski definition) is 1. The minimum Gasteiger partial charge on any atom is -0.330 e. The second kappa shape index (κ2) is 6.67. The van der Waals surface area contributed by atoms with Gasteiger partial charge in [0.1, 0.15) is 11.9 Å². The number of aromatic nitrogens is 2. The van der Waals surface area contributed by atoms with Gasteiger partial charge in [-0.2, -0.15) is 13.2 Å². The lowest BCUT2D eigenvalue weighted by Gasteiger charge is -2.40. The maximum atomic E-state index is 13.1. The molecule has 1 N–H and O–H groups in total. The molecule has 0 radical (unpaired) electrons. The van der Waals surface area contributed by atoms with Crippen molar-refractivity contribution in [3.63, 3.8) is 0 Å². The van der Waals surface area contributed by atoms with Gasteiger partial charge in [0.05, 0.1) is 17.6 Å². The van der Waals surface area contributed by atoms with E-state index < -0.39 is 18.1 Å². The molecule has 1 aliphatic rings. The lowest BCUT2D eigenvalue weighted by molar-refractivity contribution is -0.196. The predicted molar refractivity (Wildman–Crippen MR) is 87.8 cm³/mol. The molecule has 1 aromatic carbocycles. The summed E-state index contributed by atoms with van der Waals surface area (Å²) in [6.07, 6.45) is -4.09. The summed E-state index contributed by atoms with van der Waals surface area (Å²) < 4.78 is 41.2. The molecular formula is C17H21F3N4O. The number of carbonyl (C=O) groups excluding carboxylic acids is 1. The van der Waals surface area contributed by atoms with Gasteiger partial charge in [0.2, 0.25) is 5.91 Å². The highest BCUT2D eigenvalue weighted by Crippen LogP contribution is 2.32. The highest BCUT2D eigenvalue weighted by atomic mass is 19.4. The fourth-order valence-corrected chi connectivity index (χ4v) is 3.41. The Kier molecular flexibility index (Phi) is 4.73. The summed E-state index contributed by atoms with van der Waals surface area (Å²) in [7, 11) is 1.91. The fourth-order valence-electron chi connectivity index (χ4n) is 3.41. The summed E-state index contributed by atoms with van der Waals surface area (Å²) in [6.45, 7) is 1.69. The van der Waals surface area contributed by atoms with Crippen molar-refractivity contribution in [2.24, 2.45) is 7.05 Å². The van der Waals surface area contributed by atoms with E-state index in [-0.39, 0.29) is 19.0 Å². The first-order chi connectivity index (χ1) is 11.8. The molecule has 0 bridgehead atoms. The minimum absolute atomic E-state index is 0.0590. The summed E-state index contributed by atoms with van der Waals surface area (Å²) in [5.74, 6) is 0.269. The number of nitrogens with zero attached hydrogens (tertiary/aromatic N) is 3. The number of piperidine rings is 1. The van der Waals surface area contributed by atoms with Gasteiger partial charge in [-0.15, -0.1) is 0 Å². The third kappa shape index (κ3) is 3.63. The first-order valence-electron chi connectivity index (χ1n) is 8.25. The second-order valence-electron chi connectivity index (χ2n) is 6.46. The molecule has 1 fully saturated rings. The molecule has 0 saturated carbocycles. The number of amides is 1. The van der Waals surface area contributed by atoms with Crippen molar-refractivity contribution in [1.29, 1.82) is 0 Å². The number of alkyl halides is 3. The maximum absolute atomic E-state index is 13.1. The predicted octanol–water partition coefficient (Wildman–Crippen LogP) is 2.60. The monoisotopic (exact) mass is 354 g/mol. The molecule has 0 aliphatic carbocycles. The smallest absolute Gasteiger partial charge is 0.330 e. The molecule has 1 amide bonds. The van der Waals surface area contributed by atoms with Crippen LogP contribution in [0.15, 0.2) is 24.3 Å². The maximum Gasteiger partial charge on any atom is 0.408 e. The molecule has 8 heteroatoms. The van der Waals surface area contributed by atoms with E-state index in [1.54, 1.807) is 0 Å². The van der Waals surface area contributed by atoms with Crippen molar-refractivity contribution < 1.29 is 18.0 Å². The van der Waals surface area contributed by atoms with E-state index >= 15 is 0 Å². The Bertz CT molecular complexity index is 771. The molecule has 2 aromatic rings. The number of imidazole rings is 1. The second-order valence-corrected chi connectivity index (χ2v) is 6.46. The van der Waals surface area contributed by atoms with Crippen LogP contribution in [-0.4, -0.2) is 45.2 Å². The Morgan fingerprint density at radius 2 is 2.04 bits per heavy atom. The summed E-state index contributed by atoms with van der Waals surface area (Å²) in [5, 5.41) is 3.25. The molecular weight excluding hydrogens is 333 g/mol. The van der Waals surface area contributed by atoms with E-state index in [9.17, 15) is 18.0 Å². The van der Waals surface area contributed by atoms with Crippen molar-refractivity contribution in [2.75, 3.05) is 6.54 Å². The van der Waals surface area contributed by atoms with E-state index in [1.165, 1.54) is 6.92 Å². The van der Waals surface area contributed by atoms with Crippen LogP contribution in [0.3, 0.4) is 0 Å². The van der Waals surface area contributed by atoms with Gasteiger partial charge in [0.15, 0.2) is 0 Å². The van der Waals surface area contributed by atoms with Crippen LogP contribution in [0.4, 0.5) is 13.2 Å². The van der Waals surface area contributed by atoms with Gasteiger partial charge in [-0.1, -0.05) is 12.1 Å². The van der Waals surface area contributed by atoms with Crippen LogP contribution in [0.1, 0.15) is 25.6 Å². The highest BCUT2D eigenvalue weighted by Gasteiger charge is 2.47. The first kappa shape index (κ1) is 17.7. The number of para-hydroxylation sites is 2. The van der Waals surface area contributed by atoms with Crippen LogP contribution in [0.2, 0.25) is 0 Å². The van der Waals surface area contributed by atoms with Crippen LogP contribution in [0.5, 0.6) is 0 Å². The Balaban J connectivity index is 1.67. The van der Waals surface area contributed by atoms with Gasteiger partial charge in [0.25, 0.3) is 0 Å². The first-order valence-corrected chi connectivity index (χ1v) is 8.25. The van der Waals surface area contributed by atoms with Gasteiger partial charge < -0.3 is 14.8 Å². The zero-order valence-corrected chi connectivity index (χ0v) is 14.2. The summed E-state index contributed by atoms with van der Waals surface area (Å²) >= 11 is 0. The molecule has 1 aliphatic heterocycles. The standard InChI is InChI=1S/C17H21F3N4O/c1-11(25)24-10-12(7-8-15(24)17(18,19)20)21-9-16-22-13-5-3-4-6-14(13)23(16)2/h3-6,12,15,21H,7-10H2,1-2H3. The number of likely N-dealkylation sites (tertiary alicyclic amines) is 1. The van der Waals surface area contributed by atoms with Crippen molar-refractivity contribution in [2.45, 2.75) is 44.6 Å². The Labute approximate surface area is 143 Å². The van der Waals surface area contributed by atoms with Crippen LogP contribution in [0, 0.1) is 0 Å². The number of benzene rings is 1. The number of carbonyl (C=O) groups is 1. The van der Waals surface area contributed by atoms with Crippen molar-refractivity contribution in [3.05, 3.63) is 30.1 Å². The zero-order valence-electron chi connectivity index (χ0n) is 14.2. The normalized spacial score (nSPS) is 21.7. The van der Waals surface area contributed by atoms with Crippen LogP contribution in [-0.2, 0) is 18.4 Å². The van der Waals surface area contributed by atoms with E-state index in [4.69, 9.17) is 0 Å². The van der Waals surface area contributed by atoms with Crippen molar-refractivity contribution in [1.82, 2.24) is 19.8 Å². The molecule has 3 rings (SSSR count). The molecule has 25 heavy (non-hydrogen) atoms. The molecule has 1 saturated heterocycles. The van der Waals surface area contributed by atoms with E-state index in [1.807, 2.05) is 35.9 Å². The summed E-state index contributed by atoms with van der Waals surface area (Å²) in [5.41, 5.74) is 1.89. The summed E-state index contributed by atoms with van der Waals surface area (Å²) in [6, 6.07) is 5.88. The van der Waals surface area contributed by atoms with Crippen molar-refractivity contribution >= 4 is 16.9 Å². The number of nitrogens with one attached hydrogen (secondary N) is 1. The highest BCUT2D eigenvalue weighted by molar-refractivity contribution is 5.75. The third-order valence-electron chi connectivity index (χ3n) is 4.79.